The lowest BCUT2D eigenvalue weighted by Crippen LogP contribution is -2.07. The van der Waals surface area contributed by atoms with Crippen LogP contribution in [0.3, 0.4) is 0 Å². The van der Waals surface area contributed by atoms with E-state index >= 15 is 0 Å². The average molecular weight is 209 g/mol. The second kappa shape index (κ2) is 4.72. The first kappa shape index (κ1) is 10.7. The molecule has 0 aliphatic rings. The predicted molar refractivity (Wildman–Crippen MR) is 57.2 cm³/mol. The highest BCUT2D eigenvalue weighted by Crippen LogP contribution is 2.18. The highest BCUT2D eigenvalue weighted by atomic mass is 32.1. The monoisotopic (exact) mass is 209 g/mol. The summed E-state index contributed by atoms with van der Waals surface area (Å²) >= 11 is 1.40. The van der Waals surface area contributed by atoms with E-state index < -0.39 is 0 Å². The first-order valence-electron chi connectivity index (χ1n) is 4.14. The maximum Gasteiger partial charge on any atom is 0.221 e. The Hall–Kier alpha value is -1.42. The Morgan fingerprint density at radius 1 is 1.57 bits per heavy atom. The van der Waals surface area contributed by atoms with Gasteiger partial charge in [-0.2, -0.15) is 0 Å². The van der Waals surface area contributed by atoms with Crippen molar-refractivity contribution in [2.24, 2.45) is 5.73 Å². The fraction of sp³-hybridized carbons (Fsp3) is 0.200. The van der Waals surface area contributed by atoms with Crippen LogP contribution in [0.5, 0.6) is 0 Å². The molecule has 14 heavy (non-hydrogen) atoms. The molecule has 0 saturated heterocycles. The maximum atomic E-state index is 11.1. The van der Waals surface area contributed by atoms with E-state index in [2.05, 4.69) is 0 Å². The van der Waals surface area contributed by atoms with Crippen LogP contribution in [0.25, 0.3) is 6.08 Å². The minimum Gasteiger partial charge on any atom is -0.369 e. The summed E-state index contributed by atoms with van der Waals surface area (Å²) in [7, 11) is 0. The van der Waals surface area contributed by atoms with Gasteiger partial charge in [-0.05, 0) is 23.9 Å². The van der Waals surface area contributed by atoms with E-state index in [-0.39, 0.29) is 18.1 Å². The highest BCUT2D eigenvalue weighted by Gasteiger charge is 2.05. The normalized spacial score (nSPS) is 10.6. The van der Waals surface area contributed by atoms with Gasteiger partial charge in [-0.25, -0.2) is 0 Å². The van der Waals surface area contributed by atoms with Crippen LogP contribution in [0.15, 0.2) is 17.5 Å². The van der Waals surface area contributed by atoms with E-state index in [1.807, 2.05) is 11.4 Å². The van der Waals surface area contributed by atoms with Gasteiger partial charge in [0.25, 0.3) is 0 Å². The van der Waals surface area contributed by atoms with Crippen LogP contribution in [-0.2, 0) is 4.79 Å². The molecule has 0 aromatic carbocycles. The van der Waals surface area contributed by atoms with Crippen LogP contribution < -0.4 is 5.73 Å². The Balaban J connectivity index is 2.76. The Kier molecular flexibility index (Phi) is 3.59. The third-order valence-electron chi connectivity index (χ3n) is 1.63. The van der Waals surface area contributed by atoms with Crippen molar-refractivity contribution >= 4 is 29.1 Å². The molecule has 2 N–H and O–H groups in total. The van der Waals surface area contributed by atoms with Crippen molar-refractivity contribution in [2.75, 3.05) is 0 Å². The van der Waals surface area contributed by atoms with Gasteiger partial charge in [0.1, 0.15) is 0 Å². The highest BCUT2D eigenvalue weighted by molar-refractivity contribution is 7.12. The lowest BCUT2D eigenvalue weighted by molar-refractivity contribution is -0.117. The van der Waals surface area contributed by atoms with Crippen molar-refractivity contribution in [3.8, 4) is 0 Å². The van der Waals surface area contributed by atoms with E-state index in [9.17, 15) is 9.59 Å². The van der Waals surface area contributed by atoms with Crippen LogP contribution in [0.2, 0.25) is 0 Å². The molecule has 0 spiro atoms. The zero-order valence-corrected chi connectivity index (χ0v) is 8.64. The molecule has 74 valence electrons. The van der Waals surface area contributed by atoms with Gasteiger partial charge in [-0.3, -0.25) is 9.59 Å². The Bertz CT molecular complexity index is 379. The van der Waals surface area contributed by atoms with Crippen molar-refractivity contribution in [1.29, 1.82) is 0 Å². The average Bonchev–Trinajstić information content (AvgIpc) is 2.51. The van der Waals surface area contributed by atoms with Gasteiger partial charge >= 0.3 is 0 Å². The zero-order valence-electron chi connectivity index (χ0n) is 7.82. The molecule has 0 aliphatic heterocycles. The van der Waals surface area contributed by atoms with Gasteiger partial charge in [0.15, 0.2) is 5.78 Å². The van der Waals surface area contributed by atoms with Gasteiger partial charge in [-0.15, -0.1) is 11.3 Å². The summed E-state index contributed by atoms with van der Waals surface area (Å²) in [5.74, 6) is -0.334. The standard InChI is InChI=1S/C10H11NO2S/c1-7(12)10-8(5-6-14-10)3-2-4-9(11)13/h2-3,5-6H,4H2,1H3,(H2,11,13). The fourth-order valence-electron chi connectivity index (χ4n) is 1.04. The number of amides is 1. The first-order valence-corrected chi connectivity index (χ1v) is 5.02. The van der Waals surface area contributed by atoms with Crippen LogP contribution in [-0.4, -0.2) is 11.7 Å². The number of ketones is 1. The molecule has 1 aromatic rings. The molecule has 1 heterocycles. The van der Waals surface area contributed by atoms with Gasteiger partial charge in [-0.1, -0.05) is 12.2 Å². The largest absolute Gasteiger partial charge is 0.369 e. The molecular weight excluding hydrogens is 198 g/mol. The topological polar surface area (TPSA) is 60.2 Å². The van der Waals surface area contributed by atoms with Gasteiger partial charge < -0.3 is 5.73 Å². The molecule has 0 fully saturated rings. The molecule has 0 bridgehead atoms. The van der Waals surface area contributed by atoms with E-state index in [0.29, 0.717) is 4.88 Å². The maximum absolute atomic E-state index is 11.1. The Labute approximate surface area is 86.2 Å². The van der Waals surface area contributed by atoms with Crippen molar-refractivity contribution < 1.29 is 9.59 Å². The minimum absolute atomic E-state index is 0.0405. The number of thiophene rings is 1. The lowest BCUT2D eigenvalue weighted by Gasteiger charge is -1.92. The SMILES string of the molecule is CC(=O)c1sccc1C=CCC(N)=O. The molecule has 0 radical (unpaired) electrons. The van der Waals surface area contributed by atoms with E-state index in [0.717, 1.165) is 5.56 Å². The zero-order chi connectivity index (χ0) is 10.6. The van der Waals surface area contributed by atoms with E-state index in [1.165, 1.54) is 18.3 Å². The number of carbonyl (C=O) groups excluding carboxylic acids is 2. The number of nitrogens with two attached hydrogens (primary N) is 1. The molecule has 0 aliphatic carbocycles. The van der Waals surface area contributed by atoms with Gasteiger partial charge in [0, 0.05) is 6.42 Å². The second-order valence-corrected chi connectivity index (χ2v) is 3.75. The molecule has 4 heteroatoms. The predicted octanol–water partition coefficient (Wildman–Crippen LogP) is 1.84. The van der Waals surface area contributed by atoms with Crippen molar-refractivity contribution in [3.63, 3.8) is 0 Å². The summed E-state index contributed by atoms with van der Waals surface area (Å²) in [6, 6.07) is 1.85. The summed E-state index contributed by atoms with van der Waals surface area (Å²) in [5.41, 5.74) is 5.83. The number of rotatable bonds is 4. The summed E-state index contributed by atoms with van der Waals surface area (Å²) in [4.78, 5) is 22.3. The van der Waals surface area contributed by atoms with Crippen molar-refractivity contribution in [3.05, 3.63) is 28.0 Å². The van der Waals surface area contributed by atoms with Crippen LogP contribution in [0.1, 0.15) is 28.6 Å². The van der Waals surface area contributed by atoms with Crippen LogP contribution in [0, 0.1) is 0 Å². The van der Waals surface area contributed by atoms with Gasteiger partial charge in [0.2, 0.25) is 5.91 Å². The number of carbonyl (C=O) groups is 2. The molecular formula is C10H11NO2S. The number of Topliss-reactive ketones (excluding diaryl/α,β-unsaturated/α-hetero) is 1. The summed E-state index contributed by atoms with van der Waals surface area (Å²) in [6.07, 6.45) is 3.61. The van der Waals surface area contributed by atoms with E-state index in [4.69, 9.17) is 5.73 Å². The third-order valence-corrected chi connectivity index (χ3v) is 2.66. The molecule has 0 atom stereocenters. The van der Waals surface area contributed by atoms with Gasteiger partial charge in [0.05, 0.1) is 4.88 Å². The Morgan fingerprint density at radius 2 is 2.29 bits per heavy atom. The van der Waals surface area contributed by atoms with Crippen molar-refractivity contribution in [2.45, 2.75) is 13.3 Å². The molecule has 1 rings (SSSR count). The summed E-state index contributed by atoms with van der Waals surface area (Å²) in [6.45, 7) is 1.53. The van der Waals surface area contributed by atoms with Crippen LogP contribution >= 0.6 is 11.3 Å². The number of hydrogen-bond donors (Lipinski definition) is 1. The lowest BCUT2D eigenvalue weighted by atomic mass is 10.2. The molecule has 3 nitrogen and oxygen atoms in total. The fourth-order valence-corrected chi connectivity index (χ4v) is 1.83. The molecule has 0 saturated carbocycles. The van der Waals surface area contributed by atoms with E-state index in [1.54, 1.807) is 12.2 Å². The molecule has 1 amide bonds. The second-order valence-electron chi connectivity index (χ2n) is 2.83. The quantitative estimate of drug-likeness (QED) is 0.769. The third kappa shape index (κ3) is 2.81. The number of hydrogen-bond acceptors (Lipinski definition) is 3. The minimum atomic E-state index is -0.374. The smallest absolute Gasteiger partial charge is 0.221 e. The summed E-state index contributed by atoms with van der Waals surface area (Å²) < 4.78 is 0. The first-order chi connectivity index (χ1) is 6.61. The Morgan fingerprint density at radius 3 is 2.86 bits per heavy atom. The van der Waals surface area contributed by atoms with Crippen molar-refractivity contribution in [1.82, 2.24) is 0 Å². The molecule has 0 unspecified atom stereocenters. The molecule has 1 aromatic heterocycles. The number of primary amides is 1. The van der Waals surface area contributed by atoms with Crippen LogP contribution in [0.4, 0.5) is 0 Å². The summed E-state index contributed by atoms with van der Waals surface area (Å²) in [5, 5.41) is 1.85.